The van der Waals surface area contributed by atoms with Crippen LogP contribution in [0, 0.1) is 35.8 Å². The van der Waals surface area contributed by atoms with Crippen LogP contribution in [-0.2, 0) is 6.18 Å². The monoisotopic (exact) mass is 652 g/mol. The maximum atomic E-state index is 14.7. The van der Waals surface area contributed by atoms with E-state index in [0.717, 1.165) is 27.6 Å². The summed E-state index contributed by atoms with van der Waals surface area (Å²) in [5.74, 6) is 0. The summed E-state index contributed by atoms with van der Waals surface area (Å²) < 4.78 is 47.8. The lowest BCUT2D eigenvalue weighted by Gasteiger charge is -2.20. The predicted octanol–water partition coefficient (Wildman–Crippen LogP) is 11.4. The summed E-state index contributed by atoms with van der Waals surface area (Å²) in [5.41, 5.74) is 2.89. The second-order valence-corrected chi connectivity index (χ2v) is 11.7. The number of hydrogen-bond donors (Lipinski definition) is 0. The van der Waals surface area contributed by atoms with Crippen LogP contribution in [0.1, 0.15) is 16.7 Å². The standard InChI is InChI=1S/C41H19F3N6/c1-47-26-15-17-37-30(21-26)28-9-4-6-13-35(28)50(37)39-20-25(40-32(41(42,43)44)10-7-11-33(40)48-2)19-38(31(39)23-46)49-34-12-5-3-8-27(34)29-18-24(22-45)14-16-36(29)49/h3-21H. The van der Waals surface area contributed by atoms with Crippen molar-refractivity contribution in [1.82, 2.24) is 9.13 Å². The number of para-hydroxylation sites is 2. The molecule has 0 unspecified atom stereocenters. The Labute approximate surface area is 282 Å². The number of nitriles is 2. The highest BCUT2D eigenvalue weighted by Crippen LogP contribution is 2.46. The highest BCUT2D eigenvalue weighted by Gasteiger charge is 2.35. The predicted molar refractivity (Wildman–Crippen MR) is 188 cm³/mol. The molecule has 2 heterocycles. The second-order valence-electron chi connectivity index (χ2n) is 11.7. The molecule has 0 radical (unpaired) electrons. The minimum absolute atomic E-state index is 0.0937. The van der Waals surface area contributed by atoms with Crippen LogP contribution in [0.4, 0.5) is 24.5 Å². The number of fused-ring (bicyclic) bond motifs is 6. The third-order valence-electron chi connectivity index (χ3n) is 9.03. The SMILES string of the molecule is [C-]#[N+]c1ccc2c(c1)c1ccccc1n2-c1cc(-c2c([N+]#[C-])cccc2C(F)(F)F)cc(-n2c3ccccc3c3cc(C#N)ccc32)c1C#N. The van der Waals surface area contributed by atoms with Crippen LogP contribution in [0.15, 0.2) is 115 Å². The molecule has 0 saturated heterocycles. The third kappa shape index (κ3) is 4.40. The van der Waals surface area contributed by atoms with Gasteiger partial charge in [-0.15, -0.1) is 0 Å². The Morgan fingerprint density at radius 3 is 1.72 bits per heavy atom. The van der Waals surface area contributed by atoms with Gasteiger partial charge in [0.1, 0.15) is 11.6 Å². The van der Waals surface area contributed by atoms with Gasteiger partial charge in [0.2, 0.25) is 0 Å². The highest BCUT2D eigenvalue weighted by atomic mass is 19.4. The summed E-state index contributed by atoms with van der Waals surface area (Å²) in [7, 11) is 0. The number of benzene rings is 6. The van der Waals surface area contributed by atoms with E-state index in [2.05, 4.69) is 21.8 Å². The first-order chi connectivity index (χ1) is 24.3. The van der Waals surface area contributed by atoms with E-state index < -0.39 is 11.7 Å². The van der Waals surface area contributed by atoms with Gasteiger partial charge in [0, 0.05) is 16.2 Å². The molecule has 0 spiro atoms. The first-order valence-corrected chi connectivity index (χ1v) is 15.3. The van der Waals surface area contributed by atoms with E-state index in [4.69, 9.17) is 13.1 Å². The van der Waals surface area contributed by atoms with Gasteiger partial charge in [0.05, 0.1) is 63.8 Å². The molecule has 9 heteroatoms. The number of aromatic nitrogens is 2. The molecule has 6 nitrogen and oxygen atoms in total. The van der Waals surface area contributed by atoms with Crippen LogP contribution >= 0.6 is 0 Å². The Morgan fingerprint density at radius 2 is 1.16 bits per heavy atom. The maximum Gasteiger partial charge on any atom is 0.415 e. The minimum Gasteiger partial charge on any atom is -0.308 e. The fourth-order valence-corrected chi connectivity index (χ4v) is 6.99. The fraction of sp³-hybridized carbons (Fsp3) is 0.0244. The second kappa shape index (κ2) is 11.1. The lowest BCUT2D eigenvalue weighted by molar-refractivity contribution is -0.137. The highest BCUT2D eigenvalue weighted by molar-refractivity contribution is 6.12. The average Bonchev–Trinajstić information content (AvgIpc) is 3.65. The Hall–Kier alpha value is -7.33. The first kappa shape index (κ1) is 30.0. The molecule has 0 saturated carbocycles. The smallest absolute Gasteiger partial charge is 0.308 e. The molecular formula is C41H19F3N6. The van der Waals surface area contributed by atoms with Gasteiger partial charge in [-0.2, -0.15) is 23.7 Å². The van der Waals surface area contributed by atoms with Crippen LogP contribution in [0.5, 0.6) is 0 Å². The van der Waals surface area contributed by atoms with E-state index in [1.165, 1.54) is 24.3 Å². The zero-order valence-corrected chi connectivity index (χ0v) is 25.8. The van der Waals surface area contributed by atoms with Gasteiger partial charge in [-0.05, 0) is 71.1 Å². The number of halogens is 3. The van der Waals surface area contributed by atoms with Crippen LogP contribution in [0.3, 0.4) is 0 Å². The van der Waals surface area contributed by atoms with E-state index in [1.54, 1.807) is 36.4 Å². The van der Waals surface area contributed by atoms with Crippen LogP contribution < -0.4 is 0 Å². The summed E-state index contributed by atoms with van der Waals surface area (Å²) in [6, 6.07) is 36.4. The van der Waals surface area contributed by atoms with Crippen molar-refractivity contribution in [3.8, 4) is 34.6 Å². The molecule has 0 aliphatic heterocycles. The molecule has 0 aliphatic carbocycles. The Morgan fingerprint density at radius 1 is 0.580 bits per heavy atom. The summed E-state index contributed by atoms with van der Waals surface area (Å²) in [5, 5.41) is 23.8. The van der Waals surface area contributed by atoms with Gasteiger partial charge in [-0.3, -0.25) is 0 Å². The summed E-state index contributed by atoms with van der Waals surface area (Å²) in [4.78, 5) is 7.10. The Balaban J connectivity index is 1.60. The van der Waals surface area contributed by atoms with Gasteiger partial charge in [-0.1, -0.05) is 60.7 Å². The number of hydrogen-bond acceptors (Lipinski definition) is 2. The zero-order chi connectivity index (χ0) is 34.7. The van der Waals surface area contributed by atoms with Crippen molar-refractivity contribution < 1.29 is 13.2 Å². The Bertz CT molecular complexity index is 2760. The van der Waals surface area contributed by atoms with Crippen molar-refractivity contribution in [2.45, 2.75) is 6.18 Å². The molecule has 234 valence electrons. The molecule has 0 aliphatic rings. The van der Waals surface area contributed by atoms with Crippen LogP contribution in [-0.4, -0.2) is 9.13 Å². The van der Waals surface area contributed by atoms with Crippen molar-refractivity contribution >= 4 is 55.0 Å². The molecule has 0 bridgehead atoms. The third-order valence-corrected chi connectivity index (χ3v) is 9.03. The number of alkyl halides is 3. The maximum absolute atomic E-state index is 14.7. The molecule has 2 aromatic heterocycles. The van der Waals surface area contributed by atoms with Crippen molar-refractivity contribution in [1.29, 1.82) is 10.5 Å². The molecule has 0 atom stereocenters. The summed E-state index contributed by atoms with van der Waals surface area (Å²) >= 11 is 0. The molecule has 0 amide bonds. The minimum atomic E-state index is -4.78. The Kier molecular flexibility index (Phi) is 6.69. The van der Waals surface area contributed by atoms with E-state index in [9.17, 15) is 23.7 Å². The van der Waals surface area contributed by atoms with Crippen LogP contribution in [0.25, 0.3) is 75.8 Å². The molecule has 8 rings (SSSR count). The van der Waals surface area contributed by atoms with E-state index in [-0.39, 0.29) is 22.4 Å². The molecule has 0 N–H and O–H groups in total. The van der Waals surface area contributed by atoms with E-state index in [0.29, 0.717) is 44.7 Å². The normalized spacial score (nSPS) is 11.4. The largest absolute Gasteiger partial charge is 0.415 e. The van der Waals surface area contributed by atoms with Crippen molar-refractivity contribution in [3.05, 3.63) is 155 Å². The molecule has 6 aromatic carbocycles. The van der Waals surface area contributed by atoms with Gasteiger partial charge < -0.3 is 9.13 Å². The zero-order valence-electron chi connectivity index (χ0n) is 25.8. The number of nitrogens with zero attached hydrogens (tertiary/aromatic N) is 6. The van der Waals surface area contributed by atoms with Crippen LogP contribution in [0.2, 0.25) is 0 Å². The first-order valence-electron chi connectivity index (χ1n) is 15.3. The molecule has 0 fully saturated rings. The summed E-state index contributed by atoms with van der Waals surface area (Å²) in [6.45, 7) is 15.4. The van der Waals surface area contributed by atoms with Gasteiger partial charge in [-0.25, -0.2) is 9.69 Å². The van der Waals surface area contributed by atoms with E-state index >= 15 is 0 Å². The van der Waals surface area contributed by atoms with E-state index in [1.807, 2.05) is 57.7 Å². The fourth-order valence-electron chi connectivity index (χ4n) is 6.99. The average molecular weight is 653 g/mol. The molecule has 50 heavy (non-hydrogen) atoms. The van der Waals surface area contributed by atoms with Gasteiger partial charge in [0.15, 0.2) is 11.4 Å². The van der Waals surface area contributed by atoms with Gasteiger partial charge in [0.25, 0.3) is 0 Å². The van der Waals surface area contributed by atoms with Crippen molar-refractivity contribution in [2.24, 2.45) is 0 Å². The lowest BCUT2D eigenvalue weighted by atomic mass is 9.94. The van der Waals surface area contributed by atoms with Crippen molar-refractivity contribution in [2.75, 3.05) is 0 Å². The van der Waals surface area contributed by atoms with Crippen molar-refractivity contribution in [3.63, 3.8) is 0 Å². The summed E-state index contributed by atoms with van der Waals surface area (Å²) in [6.07, 6.45) is -4.78. The topological polar surface area (TPSA) is 66.2 Å². The van der Waals surface area contributed by atoms with Gasteiger partial charge >= 0.3 is 6.18 Å². The number of rotatable bonds is 3. The molecule has 8 aromatic rings. The molecular weight excluding hydrogens is 633 g/mol. The lowest BCUT2D eigenvalue weighted by Crippen LogP contribution is -2.09. The quantitative estimate of drug-likeness (QED) is 0.178.